The van der Waals surface area contributed by atoms with Gasteiger partial charge in [-0.2, -0.15) is 0 Å². The van der Waals surface area contributed by atoms with Crippen LogP contribution in [0.2, 0.25) is 0 Å². The summed E-state index contributed by atoms with van der Waals surface area (Å²) in [5, 5.41) is 0. The number of likely N-dealkylation sites (tertiary alicyclic amines) is 1. The maximum absolute atomic E-state index is 11.7. The zero-order valence-electron chi connectivity index (χ0n) is 16.0. The summed E-state index contributed by atoms with van der Waals surface area (Å²) >= 11 is 0. The molecule has 2 fully saturated rings. The minimum absolute atomic E-state index is 0.0484. The van der Waals surface area contributed by atoms with Gasteiger partial charge in [0, 0.05) is 24.5 Å². The molecule has 1 aliphatic heterocycles. The summed E-state index contributed by atoms with van der Waals surface area (Å²) in [7, 11) is 1.50. The van der Waals surface area contributed by atoms with Crippen LogP contribution in [0.25, 0.3) is 0 Å². The van der Waals surface area contributed by atoms with E-state index in [1.54, 1.807) is 5.56 Å². The second kappa shape index (κ2) is 6.49. The van der Waals surface area contributed by atoms with Gasteiger partial charge in [0.2, 0.25) is 0 Å². The van der Waals surface area contributed by atoms with Gasteiger partial charge in [-0.3, -0.25) is 9.69 Å². The van der Waals surface area contributed by atoms with Crippen molar-refractivity contribution in [3.05, 3.63) is 70.8 Å². The molecule has 0 bridgehead atoms. The fourth-order valence-electron chi connectivity index (χ4n) is 5.70. The van der Waals surface area contributed by atoms with E-state index in [9.17, 15) is 4.79 Å². The Bertz CT molecular complexity index is 870. The molecule has 2 aromatic carbocycles. The average Bonchev–Trinajstić information content (AvgIpc) is 3.00. The van der Waals surface area contributed by atoms with Crippen LogP contribution in [-0.2, 0) is 27.8 Å². The van der Waals surface area contributed by atoms with Crippen molar-refractivity contribution in [2.45, 2.75) is 43.6 Å². The Morgan fingerprint density at radius 1 is 1.04 bits per heavy atom. The summed E-state index contributed by atoms with van der Waals surface area (Å²) in [6.07, 6.45) is 5.86. The molecule has 3 heteroatoms. The Balaban J connectivity index is 1.43. The van der Waals surface area contributed by atoms with E-state index in [0.29, 0.717) is 6.04 Å². The first-order valence-electron chi connectivity index (χ1n) is 10.2. The number of carbonyl (C=O) groups is 1. The molecule has 0 aromatic heterocycles. The summed E-state index contributed by atoms with van der Waals surface area (Å²) in [5.41, 5.74) is 6.31. The molecule has 2 aromatic rings. The van der Waals surface area contributed by atoms with Gasteiger partial charge in [0.15, 0.2) is 0 Å². The fraction of sp³-hybridized carbons (Fsp3) is 0.458. The Hall–Kier alpha value is -2.13. The van der Waals surface area contributed by atoms with Crippen LogP contribution in [0.3, 0.4) is 0 Å². The summed E-state index contributed by atoms with van der Waals surface area (Å²) in [5.74, 6) is 0.0291. The van der Waals surface area contributed by atoms with E-state index in [1.165, 1.54) is 43.1 Å². The van der Waals surface area contributed by atoms with Gasteiger partial charge >= 0.3 is 5.97 Å². The SMILES string of the molecule is COC(=O)C1CN(C2CC[C@]3(Cc4ccccc4Cc4ccccc43)C2)C1. The van der Waals surface area contributed by atoms with E-state index in [-0.39, 0.29) is 17.3 Å². The van der Waals surface area contributed by atoms with E-state index in [0.717, 1.165) is 25.9 Å². The van der Waals surface area contributed by atoms with Crippen molar-refractivity contribution >= 4 is 5.97 Å². The van der Waals surface area contributed by atoms with Crippen LogP contribution in [0.15, 0.2) is 48.5 Å². The van der Waals surface area contributed by atoms with Crippen molar-refractivity contribution < 1.29 is 9.53 Å². The number of benzene rings is 2. The lowest BCUT2D eigenvalue weighted by Crippen LogP contribution is -2.54. The van der Waals surface area contributed by atoms with Crippen LogP contribution in [0.4, 0.5) is 0 Å². The van der Waals surface area contributed by atoms with Crippen molar-refractivity contribution in [3.8, 4) is 0 Å². The minimum Gasteiger partial charge on any atom is -0.469 e. The Morgan fingerprint density at radius 3 is 2.52 bits per heavy atom. The van der Waals surface area contributed by atoms with Gasteiger partial charge < -0.3 is 4.74 Å². The van der Waals surface area contributed by atoms with Crippen LogP contribution in [0.1, 0.15) is 41.5 Å². The number of fused-ring (bicyclic) bond motifs is 3. The number of carbonyl (C=O) groups excluding carboxylic acids is 1. The monoisotopic (exact) mass is 361 g/mol. The molecule has 27 heavy (non-hydrogen) atoms. The molecule has 1 unspecified atom stereocenters. The smallest absolute Gasteiger partial charge is 0.311 e. The number of nitrogens with zero attached hydrogens (tertiary/aromatic N) is 1. The predicted molar refractivity (Wildman–Crippen MR) is 106 cm³/mol. The fourth-order valence-corrected chi connectivity index (χ4v) is 5.70. The third kappa shape index (κ3) is 2.80. The molecule has 1 spiro atoms. The molecule has 2 atom stereocenters. The maximum atomic E-state index is 11.7. The molecule has 0 N–H and O–H groups in total. The van der Waals surface area contributed by atoms with Gasteiger partial charge in [-0.15, -0.1) is 0 Å². The zero-order chi connectivity index (χ0) is 18.4. The van der Waals surface area contributed by atoms with Crippen molar-refractivity contribution in [3.63, 3.8) is 0 Å². The Morgan fingerprint density at radius 2 is 1.74 bits per heavy atom. The standard InChI is InChI=1S/C24H27NO2/c1-27-23(26)20-15-25(16-20)21-10-11-24(14-21)13-19-8-3-2-6-17(19)12-18-7-4-5-9-22(18)24/h2-9,20-21H,10-16H2,1H3/t21?,24-/m0/s1. The highest BCUT2D eigenvalue weighted by atomic mass is 16.5. The normalized spacial score (nSPS) is 27.5. The number of esters is 1. The van der Waals surface area contributed by atoms with Gasteiger partial charge in [0.1, 0.15) is 0 Å². The summed E-state index contributed by atoms with van der Waals surface area (Å²) in [4.78, 5) is 14.3. The van der Waals surface area contributed by atoms with Crippen molar-refractivity contribution in [2.75, 3.05) is 20.2 Å². The molecule has 5 rings (SSSR count). The van der Waals surface area contributed by atoms with Crippen LogP contribution < -0.4 is 0 Å². The van der Waals surface area contributed by atoms with Gasteiger partial charge in [-0.1, -0.05) is 48.5 Å². The maximum Gasteiger partial charge on any atom is 0.311 e. The minimum atomic E-state index is -0.0484. The second-order valence-electron chi connectivity index (χ2n) is 8.63. The van der Waals surface area contributed by atoms with Crippen molar-refractivity contribution in [1.29, 1.82) is 0 Å². The van der Waals surface area contributed by atoms with Crippen molar-refractivity contribution in [1.82, 2.24) is 4.90 Å². The lowest BCUT2D eigenvalue weighted by atomic mass is 9.73. The number of methoxy groups -OCH3 is 1. The molecule has 0 amide bonds. The summed E-state index contributed by atoms with van der Waals surface area (Å²) in [6, 6.07) is 18.7. The van der Waals surface area contributed by atoms with Crippen LogP contribution in [0.5, 0.6) is 0 Å². The first-order valence-corrected chi connectivity index (χ1v) is 10.2. The molecule has 0 radical (unpaired) electrons. The second-order valence-corrected chi connectivity index (χ2v) is 8.63. The molecule has 2 aliphatic carbocycles. The molecule has 1 saturated carbocycles. The Kier molecular flexibility index (Phi) is 4.08. The number of rotatable bonds is 2. The Labute approximate surface area is 161 Å². The third-order valence-corrected chi connectivity index (χ3v) is 7.16. The van der Waals surface area contributed by atoms with Crippen molar-refractivity contribution in [2.24, 2.45) is 5.92 Å². The molecular formula is C24H27NO2. The van der Waals surface area contributed by atoms with Crippen LogP contribution in [-0.4, -0.2) is 37.1 Å². The zero-order valence-corrected chi connectivity index (χ0v) is 16.0. The summed E-state index contributed by atoms with van der Waals surface area (Å²) in [6.45, 7) is 1.73. The van der Waals surface area contributed by atoms with Gasteiger partial charge in [-0.25, -0.2) is 0 Å². The molecule has 140 valence electrons. The number of hydrogen-bond donors (Lipinski definition) is 0. The lowest BCUT2D eigenvalue weighted by Gasteiger charge is -2.42. The van der Waals surface area contributed by atoms with E-state index in [2.05, 4.69) is 53.4 Å². The van der Waals surface area contributed by atoms with Gasteiger partial charge in [-0.05, 0) is 54.4 Å². The van der Waals surface area contributed by atoms with Crippen LogP contribution >= 0.6 is 0 Å². The highest BCUT2D eigenvalue weighted by Crippen LogP contribution is 2.49. The van der Waals surface area contributed by atoms with Gasteiger partial charge in [0.05, 0.1) is 13.0 Å². The lowest BCUT2D eigenvalue weighted by molar-refractivity contribution is -0.152. The number of ether oxygens (including phenoxy) is 1. The highest BCUT2D eigenvalue weighted by molar-refractivity contribution is 5.73. The molecule has 1 saturated heterocycles. The first-order chi connectivity index (χ1) is 13.2. The number of hydrogen-bond acceptors (Lipinski definition) is 3. The molecular weight excluding hydrogens is 334 g/mol. The molecule has 1 heterocycles. The topological polar surface area (TPSA) is 29.5 Å². The largest absolute Gasteiger partial charge is 0.469 e. The highest BCUT2D eigenvalue weighted by Gasteiger charge is 2.47. The van der Waals surface area contributed by atoms with Crippen LogP contribution in [0, 0.1) is 5.92 Å². The first kappa shape index (κ1) is 17.0. The van der Waals surface area contributed by atoms with E-state index in [4.69, 9.17) is 4.74 Å². The molecule has 3 nitrogen and oxygen atoms in total. The molecule has 3 aliphatic rings. The predicted octanol–water partition coefficient (Wildman–Crippen LogP) is 3.73. The van der Waals surface area contributed by atoms with E-state index in [1.807, 2.05) is 0 Å². The van der Waals surface area contributed by atoms with E-state index >= 15 is 0 Å². The summed E-state index contributed by atoms with van der Waals surface area (Å²) < 4.78 is 4.91. The third-order valence-electron chi connectivity index (χ3n) is 7.16. The average molecular weight is 361 g/mol. The van der Waals surface area contributed by atoms with E-state index < -0.39 is 0 Å². The quantitative estimate of drug-likeness (QED) is 0.764. The van der Waals surface area contributed by atoms with Gasteiger partial charge in [0.25, 0.3) is 0 Å².